The summed E-state index contributed by atoms with van der Waals surface area (Å²) in [5, 5.41) is 0. The van der Waals surface area contributed by atoms with Crippen molar-refractivity contribution in [1.29, 1.82) is 0 Å². The summed E-state index contributed by atoms with van der Waals surface area (Å²) in [6.45, 7) is 4.02. The second kappa shape index (κ2) is 5.75. The van der Waals surface area contributed by atoms with Crippen LogP contribution in [0.15, 0.2) is 12.1 Å². The van der Waals surface area contributed by atoms with Gasteiger partial charge in [-0.15, -0.1) is 11.6 Å². The first-order valence-corrected chi connectivity index (χ1v) is 5.58. The van der Waals surface area contributed by atoms with Gasteiger partial charge < -0.3 is 9.47 Å². The molecule has 0 fully saturated rings. The molecule has 3 nitrogen and oxygen atoms in total. The smallest absolute Gasteiger partial charge is 0.338 e. The fourth-order valence-corrected chi connectivity index (χ4v) is 1.70. The van der Waals surface area contributed by atoms with E-state index in [1.165, 1.54) is 0 Å². The maximum atomic E-state index is 11.7. The molecule has 0 saturated heterocycles. The number of carbonyl (C=O) groups excluding carboxylic acids is 1. The fraction of sp³-hybridized carbons (Fsp3) is 0.417. The number of hydrogen-bond acceptors (Lipinski definition) is 3. The number of halogens is 1. The summed E-state index contributed by atoms with van der Waals surface area (Å²) in [6, 6.07) is 3.52. The lowest BCUT2D eigenvalue weighted by Crippen LogP contribution is -2.08. The summed E-state index contributed by atoms with van der Waals surface area (Å²) < 4.78 is 10.1. The van der Waals surface area contributed by atoms with Crippen LogP contribution in [-0.4, -0.2) is 19.7 Å². The molecule has 0 amide bonds. The molecule has 1 aromatic carbocycles. The average Bonchev–Trinajstić information content (AvgIpc) is 2.28. The van der Waals surface area contributed by atoms with Crippen LogP contribution in [-0.2, 0) is 10.6 Å². The van der Waals surface area contributed by atoms with Crippen LogP contribution in [0, 0.1) is 6.92 Å². The van der Waals surface area contributed by atoms with Crippen molar-refractivity contribution >= 4 is 17.6 Å². The number of hydrogen-bond donors (Lipinski definition) is 0. The Bertz CT molecular complexity index is 388. The number of methoxy groups -OCH3 is 1. The van der Waals surface area contributed by atoms with Crippen LogP contribution >= 0.6 is 11.6 Å². The summed E-state index contributed by atoms with van der Waals surface area (Å²) in [7, 11) is 1.57. The zero-order valence-electron chi connectivity index (χ0n) is 9.67. The zero-order chi connectivity index (χ0) is 12.1. The summed E-state index contributed by atoms with van der Waals surface area (Å²) in [5.74, 6) is 0.576. The predicted octanol–water partition coefficient (Wildman–Crippen LogP) is 2.92. The fourth-order valence-electron chi connectivity index (χ4n) is 1.48. The second-order valence-corrected chi connectivity index (χ2v) is 3.60. The van der Waals surface area contributed by atoms with E-state index in [2.05, 4.69) is 0 Å². The van der Waals surface area contributed by atoms with Crippen LogP contribution in [0.4, 0.5) is 0 Å². The number of alkyl halides is 1. The van der Waals surface area contributed by atoms with E-state index in [-0.39, 0.29) is 11.8 Å². The van der Waals surface area contributed by atoms with Crippen LogP contribution in [0.3, 0.4) is 0 Å². The predicted molar refractivity (Wildman–Crippen MR) is 63.2 cm³/mol. The molecule has 0 aliphatic heterocycles. The Morgan fingerprint density at radius 1 is 1.44 bits per heavy atom. The molecule has 1 aromatic rings. The maximum Gasteiger partial charge on any atom is 0.338 e. The van der Waals surface area contributed by atoms with Gasteiger partial charge in [0.25, 0.3) is 0 Å². The molecule has 0 unspecified atom stereocenters. The molecule has 0 radical (unpaired) electrons. The van der Waals surface area contributed by atoms with Gasteiger partial charge >= 0.3 is 5.97 Å². The Hall–Kier alpha value is -1.22. The first kappa shape index (κ1) is 12.8. The second-order valence-electron chi connectivity index (χ2n) is 3.33. The Morgan fingerprint density at radius 3 is 2.62 bits per heavy atom. The van der Waals surface area contributed by atoms with E-state index in [0.717, 1.165) is 11.1 Å². The molecule has 0 aliphatic rings. The van der Waals surface area contributed by atoms with Gasteiger partial charge in [0.15, 0.2) is 0 Å². The molecular weight excluding hydrogens is 228 g/mol. The highest BCUT2D eigenvalue weighted by molar-refractivity contribution is 6.17. The van der Waals surface area contributed by atoms with Crippen LogP contribution in [0.2, 0.25) is 0 Å². The van der Waals surface area contributed by atoms with E-state index in [9.17, 15) is 4.79 Å². The highest BCUT2D eigenvalue weighted by Gasteiger charge is 2.15. The number of ether oxygens (including phenoxy) is 2. The van der Waals surface area contributed by atoms with Crippen molar-refractivity contribution in [1.82, 2.24) is 0 Å². The molecule has 88 valence electrons. The maximum absolute atomic E-state index is 11.7. The Morgan fingerprint density at radius 2 is 2.12 bits per heavy atom. The minimum atomic E-state index is -0.364. The summed E-state index contributed by atoms with van der Waals surface area (Å²) in [6.07, 6.45) is 0. The molecule has 0 saturated carbocycles. The first-order chi connectivity index (χ1) is 7.63. The molecular formula is C12H15ClO3. The first-order valence-electron chi connectivity index (χ1n) is 5.04. The molecule has 0 atom stereocenters. The van der Waals surface area contributed by atoms with Crippen molar-refractivity contribution in [2.24, 2.45) is 0 Å². The third-order valence-electron chi connectivity index (χ3n) is 2.26. The quantitative estimate of drug-likeness (QED) is 0.602. The Kier molecular flexibility index (Phi) is 4.62. The van der Waals surface area contributed by atoms with Crippen molar-refractivity contribution in [2.45, 2.75) is 19.7 Å². The lowest BCUT2D eigenvalue weighted by molar-refractivity contribution is 0.0525. The van der Waals surface area contributed by atoms with Crippen molar-refractivity contribution in [3.8, 4) is 5.75 Å². The number of esters is 1. The minimum Gasteiger partial charge on any atom is -0.496 e. The summed E-state index contributed by atoms with van der Waals surface area (Å²) in [5.41, 5.74) is 2.18. The third-order valence-corrected chi connectivity index (χ3v) is 2.55. The topological polar surface area (TPSA) is 35.5 Å². The third kappa shape index (κ3) is 2.67. The lowest BCUT2D eigenvalue weighted by atomic mass is 10.0. The van der Waals surface area contributed by atoms with Gasteiger partial charge in [0.2, 0.25) is 0 Å². The normalized spacial score (nSPS) is 10.0. The molecule has 0 spiro atoms. The molecule has 0 bridgehead atoms. The van der Waals surface area contributed by atoms with Crippen molar-refractivity contribution in [2.75, 3.05) is 13.7 Å². The van der Waals surface area contributed by atoms with Gasteiger partial charge in [0, 0.05) is 5.88 Å². The highest BCUT2D eigenvalue weighted by Crippen LogP contribution is 2.24. The highest BCUT2D eigenvalue weighted by atomic mass is 35.5. The van der Waals surface area contributed by atoms with E-state index in [1.807, 2.05) is 13.0 Å². The van der Waals surface area contributed by atoms with Gasteiger partial charge in [-0.25, -0.2) is 4.79 Å². The SMILES string of the molecule is CCOC(=O)c1cc(OC)c(C)cc1CCl. The molecule has 16 heavy (non-hydrogen) atoms. The van der Waals surface area contributed by atoms with Gasteiger partial charge in [-0.2, -0.15) is 0 Å². The van der Waals surface area contributed by atoms with Crippen LogP contribution in [0.1, 0.15) is 28.4 Å². The number of benzene rings is 1. The van der Waals surface area contributed by atoms with Crippen LogP contribution < -0.4 is 4.74 Å². The summed E-state index contributed by atoms with van der Waals surface area (Å²) >= 11 is 5.80. The van der Waals surface area contributed by atoms with E-state index in [1.54, 1.807) is 20.1 Å². The average molecular weight is 243 g/mol. The van der Waals surface area contributed by atoms with Gasteiger partial charge in [-0.3, -0.25) is 0 Å². The van der Waals surface area contributed by atoms with E-state index in [0.29, 0.717) is 17.9 Å². The monoisotopic (exact) mass is 242 g/mol. The van der Waals surface area contributed by atoms with E-state index in [4.69, 9.17) is 21.1 Å². The van der Waals surface area contributed by atoms with E-state index >= 15 is 0 Å². The van der Waals surface area contributed by atoms with Crippen LogP contribution in [0.25, 0.3) is 0 Å². The molecule has 0 aliphatic carbocycles. The Balaban J connectivity index is 3.19. The van der Waals surface area contributed by atoms with Gasteiger partial charge in [0.1, 0.15) is 5.75 Å². The number of rotatable bonds is 4. The number of aryl methyl sites for hydroxylation is 1. The molecule has 4 heteroatoms. The molecule has 0 aromatic heterocycles. The molecule has 0 N–H and O–H groups in total. The lowest BCUT2D eigenvalue weighted by Gasteiger charge is -2.11. The van der Waals surface area contributed by atoms with Crippen molar-refractivity contribution in [3.63, 3.8) is 0 Å². The largest absolute Gasteiger partial charge is 0.496 e. The standard InChI is InChI=1S/C12H15ClO3/c1-4-16-12(14)10-6-11(15-3)8(2)5-9(10)7-13/h5-6H,4,7H2,1-3H3. The van der Waals surface area contributed by atoms with Gasteiger partial charge in [0.05, 0.1) is 19.3 Å². The van der Waals surface area contributed by atoms with Crippen molar-refractivity contribution < 1.29 is 14.3 Å². The number of carbonyl (C=O) groups is 1. The van der Waals surface area contributed by atoms with Gasteiger partial charge in [-0.1, -0.05) is 6.07 Å². The van der Waals surface area contributed by atoms with Crippen LogP contribution in [0.5, 0.6) is 5.75 Å². The molecule has 0 heterocycles. The minimum absolute atomic E-state index is 0.277. The zero-order valence-corrected chi connectivity index (χ0v) is 10.4. The van der Waals surface area contributed by atoms with Gasteiger partial charge in [-0.05, 0) is 31.0 Å². The molecule has 1 rings (SSSR count). The Labute approximate surface area is 100 Å². The van der Waals surface area contributed by atoms with E-state index < -0.39 is 0 Å². The summed E-state index contributed by atoms with van der Waals surface area (Å²) in [4.78, 5) is 11.7. The van der Waals surface area contributed by atoms with Crippen molar-refractivity contribution in [3.05, 3.63) is 28.8 Å².